The lowest BCUT2D eigenvalue weighted by Crippen LogP contribution is -2.46. The molecule has 6 nitrogen and oxygen atoms in total. The number of nitrogens with one attached hydrogen (secondary N) is 1. The van der Waals surface area contributed by atoms with Gasteiger partial charge in [0.05, 0.1) is 19.3 Å². The summed E-state index contributed by atoms with van der Waals surface area (Å²) in [5.74, 6) is 1.62. The Bertz CT molecular complexity index is 595. The first-order valence-corrected chi connectivity index (χ1v) is 9.62. The second kappa shape index (κ2) is 9.24. The zero-order chi connectivity index (χ0) is 18.4. The molecule has 144 valence electrons. The second-order valence-corrected chi connectivity index (χ2v) is 7.19. The zero-order valence-corrected chi connectivity index (χ0v) is 15.5. The summed E-state index contributed by atoms with van der Waals surface area (Å²) >= 11 is 0. The number of benzene rings is 1. The van der Waals surface area contributed by atoms with Gasteiger partial charge in [-0.2, -0.15) is 0 Å². The van der Waals surface area contributed by atoms with E-state index >= 15 is 0 Å². The Labute approximate surface area is 155 Å². The summed E-state index contributed by atoms with van der Waals surface area (Å²) in [4.78, 5) is 12.5. The third-order valence-electron chi connectivity index (χ3n) is 5.40. The summed E-state index contributed by atoms with van der Waals surface area (Å²) in [7, 11) is 1.64. The van der Waals surface area contributed by atoms with Gasteiger partial charge in [-0.1, -0.05) is 0 Å². The zero-order valence-electron chi connectivity index (χ0n) is 15.5. The molecule has 1 amide bonds. The molecule has 1 atom stereocenters. The summed E-state index contributed by atoms with van der Waals surface area (Å²) in [5.41, 5.74) is 7.10. The fraction of sp³-hybridized carbons (Fsp3) is 0.650. The highest BCUT2D eigenvalue weighted by Crippen LogP contribution is 2.30. The lowest BCUT2D eigenvalue weighted by atomic mass is 9.92. The molecule has 0 bridgehead atoms. The van der Waals surface area contributed by atoms with Gasteiger partial charge in [0.25, 0.3) is 0 Å². The molecule has 1 heterocycles. The number of nitrogens with two attached hydrogens (primary N) is 1. The molecule has 3 N–H and O–H groups in total. The van der Waals surface area contributed by atoms with Crippen molar-refractivity contribution in [3.05, 3.63) is 23.8 Å². The summed E-state index contributed by atoms with van der Waals surface area (Å²) in [6, 6.07) is 5.25. The van der Waals surface area contributed by atoms with Crippen LogP contribution in [0.1, 0.15) is 44.1 Å². The standard InChI is InChI=1S/C20H30N2O4/c1-24-17-7-6-15(18(12-17)26-16-4-2-3-5-16)13-22-20(23)19(21)14-8-10-25-11-9-14/h6-7,12,14,16,19H,2-5,8-11,13,21H2,1H3,(H,22,23). The van der Waals surface area contributed by atoms with E-state index in [-0.39, 0.29) is 17.9 Å². The van der Waals surface area contributed by atoms with Crippen LogP contribution >= 0.6 is 0 Å². The second-order valence-electron chi connectivity index (χ2n) is 7.19. The van der Waals surface area contributed by atoms with E-state index in [4.69, 9.17) is 19.9 Å². The molecule has 1 aromatic carbocycles. The molecule has 1 aliphatic heterocycles. The van der Waals surface area contributed by atoms with Gasteiger partial charge in [-0.25, -0.2) is 0 Å². The van der Waals surface area contributed by atoms with Crippen molar-refractivity contribution in [1.82, 2.24) is 5.32 Å². The topological polar surface area (TPSA) is 82.8 Å². The van der Waals surface area contributed by atoms with Gasteiger partial charge in [-0.15, -0.1) is 0 Å². The number of carbonyl (C=O) groups is 1. The minimum atomic E-state index is -0.489. The molecular formula is C20H30N2O4. The molecule has 2 aliphatic rings. The molecule has 1 unspecified atom stereocenters. The first-order chi connectivity index (χ1) is 12.7. The minimum absolute atomic E-state index is 0.112. The van der Waals surface area contributed by atoms with Crippen LogP contribution in [0.15, 0.2) is 18.2 Å². The van der Waals surface area contributed by atoms with E-state index in [1.165, 1.54) is 12.8 Å². The van der Waals surface area contributed by atoms with E-state index in [0.29, 0.717) is 19.8 Å². The number of rotatable bonds is 7. The number of hydrogen-bond acceptors (Lipinski definition) is 5. The lowest BCUT2D eigenvalue weighted by molar-refractivity contribution is -0.124. The molecule has 1 saturated heterocycles. The molecule has 3 rings (SSSR count). The lowest BCUT2D eigenvalue weighted by Gasteiger charge is -2.27. The SMILES string of the molecule is COc1ccc(CNC(=O)C(N)C2CCOCC2)c(OC2CCCC2)c1. The van der Waals surface area contributed by atoms with Crippen molar-refractivity contribution in [1.29, 1.82) is 0 Å². The molecule has 0 aromatic heterocycles. The summed E-state index contributed by atoms with van der Waals surface area (Å²) in [6.07, 6.45) is 6.51. The number of methoxy groups -OCH3 is 1. The van der Waals surface area contributed by atoms with Crippen LogP contribution in [0.4, 0.5) is 0 Å². The minimum Gasteiger partial charge on any atom is -0.497 e. The fourth-order valence-corrected chi connectivity index (χ4v) is 3.69. The number of ether oxygens (including phenoxy) is 3. The summed E-state index contributed by atoms with van der Waals surface area (Å²) < 4.78 is 16.8. The smallest absolute Gasteiger partial charge is 0.237 e. The van der Waals surface area contributed by atoms with Gasteiger partial charge in [-0.05, 0) is 56.6 Å². The monoisotopic (exact) mass is 362 g/mol. The Hall–Kier alpha value is -1.79. The molecule has 1 aromatic rings. The van der Waals surface area contributed by atoms with Gasteiger partial charge in [0.1, 0.15) is 11.5 Å². The van der Waals surface area contributed by atoms with Gasteiger partial charge in [0, 0.05) is 31.4 Å². The van der Waals surface area contributed by atoms with Crippen LogP contribution in [0.2, 0.25) is 0 Å². The van der Waals surface area contributed by atoms with Crippen molar-refractivity contribution in [2.24, 2.45) is 11.7 Å². The normalized spacial score (nSPS) is 19.9. The molecule has 1 saturated carbocycles. The van der Waals surface area contributed by atoms with Gasteiger partial charge < -0.3 is 25.3 Å². The highest BCUT2D eigenvalue weighted by atomic mass is 16.5. The Balaban J connectivity index is 1.61. The Morgan fingerprint density at radius 1 is 1.27 bits per heavy atom. The van der Waals surface area contributed by atoms with Gasteiger partial charge in [0.15, 0.2) is 0 Å². The van der Waals surface area contributed by atoms with E-state index in [2.05, 4.69) is 5.32 Å². The Morgan fingerprint density at radius 2 is 2.00 bits per heavy atom. The largest absolute Gasteiger partial charge is 0.497 e. The van der Waals surface area contributed by atoms with E-state index in [1.807, 2.05) is 18.2 Å². The van der Waals surface area contributed by atoms with Crippen molar-refractivity contribution in [2.75, 3.05) is 20.3 Å². The van der Waals surface area contributed by atoms with Crippen LogP contribution in [-0.2, 0) is 16.1 Å². The van der Waals surface area contributed by atoms with Crippen molar-refractivity contribution in [3.63, 3.8) is 0 Å². The third-order valence-corrected chi connectivity index (χ3v) is 5.40. The molecule has 26 heavy (non-hydrogen) atoms. The first-order valence-electron chi connectivity index (χ1n) is 9.62. The molecule has 6 heteroatoms. The Kier molecular flexibility index (Phi) is 6.74. The van der Waals surface area contributed by atoms with Crippen LogP contribution in [0.3, 0.4) is 0 Å². The van der Waals surface area contributed by atoms with E-state index in [9.17, 15) is 4.79 Å². The average Bonchev–Trinajstić information content (AvgIpc) is 3.19. The van der Waals surface area contributed by atoms with Gasteiger partial charge >= 0.3 is 0 Å². The molecule has 0 radical (unpaired) electrons. The van der Waals surface area contributed by atoms with Gasteiger partial charge in [0.2, 0.25) is 5.91 Å². The highest BCUT2D eigenvalue weighted by molar-refractivity contribution is 5.81. The molecule has 2 fully saturated rings. The number of hydrogen-bond donors (Lipinski definition) is 2. The number of carbonyl (C=O) groups excluding carboxylic acids is 1. The third kappa shape index (κ3) is 4.89. The van der Waals surface area contributed by atoms with Crippen molar-refractivity contribution < 1.29 is 19.0 Å². The van der Waals surface area contributed by atoms with Crippen LogP contribution < -0.4 is 20.5 Å². The summed E-state index contributed by atoms with van der Waals surface area (Å²) in [5, 5.41) is 2.97. The van der Waals surface area contributed by atoms with Crippen LogP contribution in [0.25, 0.3) is 0 Å². The summed E-state index contributed by atoms with van der Waals surface area (Å²) in [6.45, 7) is 1.77. The van der Waals surface area contributed by atoms with Crippen LogP contribution in [0.5, 0.6) is 11.5 Å². The molecule has 0 spiro atoms. The predicted molar refractivity (Wildman–Crippen MR) is 99.2 cm³/mol. The maximum absolute atomic E-state index is 12.5. The van der Waals surface area contributed by atoms with Crippen molar-refractivity contribution in [2.45, 2.75) is 57.2 Å². The molecule has 1 aliphatic carbocycles. The predicted octanol–water partition coefficient (Wildman–Crippen LogP) is 2.39. The maximum Gasteiger partial charge on any atom is 0.237 e. The Morgan fingerprint density at radius 3 is 2.69 bits per heavy atom. The van der Waals surface area contributed by atoms with Crippen LogP contribution in [-0.4, -0.2) is 38.4 Å². The first kappa shape index (κ1) is 19.0. The van der Waals surface area contributed by atoms with Crippen LogP contribution in [0, 0.1) is 5.92 Å². The van der Waals surface area contributed by atoms with Crippen molar-refractivity contribution in [3.8, 4) is 11.5 Å². The van der Waals surface area contributed by atoms with E-state index in [1.54, 1.807) is 7.11 Å². The quantitative estimate of drug-likeness (QED) is 0.778. The maximum atomic E-state index is 12.5. The number of amides is 1. The van der Waals surface area contributed by atoms with E-state index < -0.39 is 6.04 Å². The van der Waals surface area contributed by atoms with E-state index in [0.717, 1.165) is 42.7 Å². The molecular weight excluding hydrogens is 332 g/mol. The average molecular weight is 362 g/mol. The fourth-order valence-electron chi connectivity index (χ4n) is 3.69. The van der Waals surface area contributed by atoms with Crippen molar-refractivity contribution >= 4 is 5.91 Å². The highest BCUT2D eigenvalue weighted by Gasteiger charge is 2.26. The van der Waals surface area contributed by atoms with Gasteiger partial charge in [-0.3, -0.25) is 4.79 Å².